The standard InChI is InChI=1S/C25H32N4O4S/c1-16(2)34-15-29(14-22(26)30)25(33)23(31)21(13-17-7-4-3-5-8-17)28-24(32)19-9-6-10-20-18(19)11-12-27-20/h3-10,16,21,23,27,31H,11-15H2,1-2H3,(H2,26,30)(H,28,32)/t21-,23-/m0/s1. The van der Waals surface area contributed by atoms with E-state index in [1.54, 1.807) is 12.1 Å². The first-order chi connectivity index (χ1) is 16.3. The SMILES string of the molecule is CC(C)SCN(CC(N)=O)C(=O)[C@@H](O)[C@H](Cc1ccccc1)NC(=O)c1cccc2c1CCN2. The number of hydrogen-bond donors (Lipinski definition) is 4. The summed E-state index contributed by atoms with van der Waals surface area (Å²) in [5, 5.41) is 17.4. The van der Waals surface area contributed by atoms with Crippen LogP contribution < -0.4 is 16.4 Å². The molecule has 2 aromatic rings. The second kappa shape index (κ2) is 11.9. The van der Waals surface area contributed by atoms with Crippen molar-refractivity contribution in [1.82, 2.24) is 10.2 Å². The molecule has 3 rings (SSSR count). The molecule has 0 radical (unpaired) electrons. The van der Waals surface area contributed by atoms with E-state index in [1.165, 1.54) is 16.7 Å². The first-order valence-electron chi connectivity index (χ1n) is 11.3. The van der Waals surface area contributed by atoms with Crippen LogP contribution in [0.4, 0.5) is 5.69 Å². The highest BCUT2D eigenvalue weighted by molar-refractivity contribution is 7.99. The van der Waals surface area contributed by atoms with Crippen molar-refractivity contribution in [3.8, 4) is 0 Å². The number of nitrogens with two attached hydrogens (primary N) is 1. The molecule has 5 N–H and O–H groups in total. The number of hydrogen-bond acceptors (Lipinski definition) is 6. The Morgan fingerprint density at radius 3 is 2.56 bits per heavy atom. The highest BCUT2D eigenvalue weighted by Gasteiger charge is 2.33. The van der Waals surface area contributed by atoms with Gasteiger partial charge in [-0.15, -0.1) is 11.8 Å². The predicted octanol–water partition coefficient (Wildman–Crippen LogP) is 1.77. The largest absolute Gasteiger partial charge is 0.384 e. The Morgan fingerprint density at radius 2 is 1.88 bits per heavy atom. The third-order valence-corrected chi connectivity index (χ3v) is 6.71. The van der Waals surface area contributed by atoms with Crippen LogP contribution in [0.1, 0.15) is 35.3 Å². The number of aliphatic hydroxyl groups excluding tert-OH is 1. The molecule has 1 aliphatic heterocycles. The van der Waals surface area contributed by atoms with Gasteiger partial charge in [-0.25, -0.2) is 0 Å². The zero-order valence-electron chi connectivity index (χ0n) is 19.5. The second-order valence-corrected chi connectivity index (χ2v) is 10.1. The highest BCUT2D eigenvalue weighted by Crippen LogP contribution is 2.25. The van der Waals surface area contributed by atoms with Crippen molar-refractivity contribution in [1.29, 1.82) is 0 Å². The molecule has 1 aliphatic rings. The van der Waals surface area contributed by atoms with E-state index < -0.39 is 24.0 Å². The highest BCUT2D eigenvalue weighted by atomic mass is 32.2. The molecule has 0 spiro atoms. The van der Waals surface area contributed by atoms with E-state index in [0.29, 0.717) is 5.56 Å². The Bertz CT molecular complexity index is 1020. The lowest BCUT2D eigenvalue weighted by Gasteiger charge is -2.29. The van der Waals surface area contributed by atoms with Gasteiger partial charge in [0.05, 0.1) is 11.9 Å². The Morgan fingerprint density at radius 1 is 1.15 bits per heavy atom. The Hall–Kier alpha value is -3.04. The molecule has 1 heterocycles. The molecule has 0 unspecified atom stereocenters. The van der Waals surface area contributed by atoms with Crippen LogP contribution in [0.5, 0.6) is 0 Å². The second-order valence-electron chi connectivity index (χ2n) is 8.57. The Balaban J connectivity index is 1.84. The zero-order chi connectivity index (χ0) is 24.7. The number of aliphatic hydroxyl groups is 1. The van der Waals surface area contributed by atoms with Crippen LogP contribution in [0.25, 0.3) is 0 Å². The molecule has 2 atom stereocenters. The van der Waals surface area contributed by atoms with E-state index in [2.05, 4.69) is 10.6 Å². The molecule has 0 fully saturated rings. The van der Waals surface area contributed by atoms with E-state index in [4.69, 9.17) is 5.73 Å². The molecule has 9 heteroatoms. The van der Waals surface area contributed by atoms with Crippen LogP contribution in [-0.4, -0.2) is 64.1 Å². The molecule has 0 saturated carbocycles. The van der Waals surface area contributed by atoms with Crippen LogP contribution in [0.15, 0.2) is 48.5 Å². The molecule has 8 nitrogen and oxygen atoms in total. The molecule has 0 aliphatic carbocycles. The molecular formula is C25H32N4O4S. The first-order valence-corrected chi connectivity index (χ1v) is 12.4. The van der Waals surface area contributed by atoms with Gasteiger partial charge < -0.3 is 26.4 Å². The number of nitrogens with zero attached hydrogens (tertiary/aromatic N) is 1. The van der Waals surface area contributed by atoms with Crippen molar-refractivity contribution >= 4 is 35.2 Å². The maximum absolute atomic E-state index is 13.2. The van der Waals surface area contributed by atoms with Crippen LogP contribution in [0.3, 0.4) is 0 Å². The summed E-state index contributed by atoms with van der Waals surface area (Å²) >= 11 is 1.46. The van der Waals surface area contributed by atoms with Gasteiger partial charge in [0.2, 0.25) is 5.91 Å². The number of anilines is 1. The quantitative estimate of drug-likeness (QED) is 0.360. The molecule has 2 aromatic carbocycles. The summed E-state index contributed by atoms with van der Waals surface area (Å²) in [4.78, 5) is 39.3. The average Bonchev–Trinajstić information content (AvgIpc) is 3.29. The minimum absolute atomic E-state index is 0.209. The van der Waals surface area contributed by atoms with Gasteiger partial charge in [-0.3, -0.25) is 14.4 Å². The summed E-state index contributed by atoms with van der Waals surface area (Å²) in [6.45, 7) is 4.39. The van der Waals surface area contributed by atoms with E-state index in [1.807, 2.05) is 50.2 Å². The van der Waals surface area contributed by atoms with Gasteiger partial charge in [-0.05, 0) is 36.1 Å². The van der Waals surface area contributed by atoms with Crippen LogP contribution in [0.2, 0.25) is 0 Å². The summed E-state index contributed by atoms with van der Waals surface area (Å²) in [6.07, 6.45) is -0.581. The number of carbonyl (C=O) groups excluding carboxylic acids is 3. The summed E-state index contributed by atoms with van der Waals surface area (Å²) in [5.74, 6) is -1.46. The van der Waals surface area contributed by atoms with Gasteiger partial charge in [0.15, 0.2) is 6.10 Å². The topological polar surface area (TPSA) is 125 Å². The van der Waals surface area contributed by atoms with Gasteiger partial charge in [0.25, 0.3) is 11.8 Å². The maximum Gasteiger partial charge on any atom is 0.254 e. The molecule has 3 amide bonds. The van der Waals surface area contributed by atoms with Gasteiger partial charge in [-0.1, -0.05) is 50.2 Å². The number of carbonyl (C=O) groups is 3. The van der Waals surface area contributed by atoms with E-state index in [0.717, 1.165) is 29.8 Å². The molecule has 0 bridgehead atoms. The summed E-state index contributed by atoms with van der Waals surface area (Å²) in [6, 6.07) is 13.9. The number of nitrogens with one attached hydrogen (secondary N) is 2. The summed E-state index contributed by atoms with van der Waals surface area (Å²) in [5.41, 5.74) is 8.56. The lowest BCUT2D eigenvalue weighted by atomic mass is 9.98. The van der Waals surface area contributed by atoms with Crippen molar-refractivity contribution in [3.63, 3.8) is 0 Å². The van der Waals surface area contributed by atoms with Crippen molar-refractivity contribution in [2.45, 2.75) is 44.1 Å². The van der Waals surface area contributed by atoms with Crippen molar-refractivity contribution < 1.29 is 19.5 Å². The number of fused-ring (bicyclic) bond motifs is 1. The van der Waals surface area contributed by atoms with Gasteiger partial charge in [0.1, 0.15) is 6.54 Å². The number of amides is 3. The maximum atomic E-state index is 13.2. The third kappa shape index (κ3) is 6.74. The predicted molar refractivity (Wildman–Crippen MR) is 135 cm³/mol. The fraction of sp³-hybridized carbons (Fsp3) is 0.400. The Kier molecular flexibility index (Phi) is 8.95. The fourth-order valence-corrected chi connectivity index (χ4v) is 4.58. The monoisotopic (exact) mass is 484 g/mol. The lowest BCUT2D eigenvalue weighted by Crippen LogP contribution is -2.54. The third-order valence-electron chi connectivity index (χ3n) is 5.58. The van der Waals surface area contributed by atoms with Gasteiger partial charge in [-0.2, -0.15) is 0 Å². The fourth-order valence-electron chi connectivity index (χ4n) is 3.89. The number of thioether (sulfide) groups is 1. The first kappa shape index (κ1) is 25.6. The zero-order valence-corrected chi connectivity index (χ0v) is 20.3. The van der Waals surface area contributed by atoms with Crippen LogP contribution in [-0.2, 0) is 22.4 Å². The van der Waals surface area contributed by atoms with E-state index in [-0.39, 0.29) is 30.0 Å². The van der Waals surface area contributed by atoms with Crippen LogP contribution >= 0.6 is 11.8 Å². The van der Waals surface area contributed by atoms with Crippen molar-refractivity contribution in [3.05, 3.63) is 65.2 Å². The molecule has 0 saturated heterocycles. The minimum atomic E-state index is -1.55. The number of benzene rings is 2. The summed E-state index contributed by atoms with van der Waals surface area (Å²) in [7, 11) is 0. The Labute approximate surface area is 204 Å². The smallest absolute Gasteiger partial charge is 0.254 e. The van der Waals surface area contributed by atoms with E-state index >= 15 is 0 Å². The van der Waals surface area contributed by atoms with E-state index in [9.17, 15) is 19.5 Å². The van der Waals surface area contributed by atoms with Crippen molar-refractivity contribution in [2.75, 3.05) is 24.3 Å². The average molecular weight is 485 g/mol. The summed E-state index contributed by atoms with van der Waals surface area (Å²) < 4.78 is 0. The van der Waals surface area contributed by atoms with Crippen LogP contribution in [0, 0.1) is 0 Å². The number of primary amides is 1. The van der Waals surface area contributed by atoms with Gasteiger partial charge in [0, 0.05) is 23.0 Å². The molecule has 34 heavy (non-hydrogen) atoms. The van der Waals surface area contributed by atoms with Gasteiger partial charge >= 0.3 is 0 Å². The molecule has 182 valence electrons. The minimum Gasteiger partial charge on any atom is -0.384 e. The lowest BCUT2D eigenvalue weighted by molar-refractivity contribution is -0.142. The molecule has 0 aromatic heterocycles. The number of rotatable bonds is 11. The normalized spacial score (nSPS) is 14.1. The molecular weight excluding hydrogens is 452 g/mol. The van der Waals surface area contributed by atoms with Crippen molar-refractivity contribution in [2.24, 2.45) is 5.73 Å².